The smallest absolute Gasteiger partial charge is 0.280 e. The first kappa shape index (κ1) is 19.6. The number of ether oxygens (including phenoxy) is 3. The number of benzene rings is 1. The van der Waals surface area contributed by atoms with Gasteiger partial charge in [-0.15, -0.1) is 0 Å². The van der Waals surface area contributed by atoms with E-state index in [4.69, 9.17) is 18.7 Å². The summed E-state index contributed by atoms with van der Waals surface area (Å²) in [6.45, 7) is 5.35. The Kier molecular flexibility index (Phi) is 5.78. The molecule has 2 heterocycles. The van der Waals surface area contributed by atoms with Gasteiger partial charge in [0, 0.05) is 5.56 Å². The van der Waals surface area contributed by atoms with Crippen molar-refractivity contribution >= 4 is 28.5 Å². The molecule has 0 N–H and O–H groups in total. The average Bonchev–Trinajstić information content (AvgIpc) is 3.18. The Hall–Kier alpha value is -3.14. The Morgan fingerprint density at radius 3 is 2.36 bits per heavy atom. The van der Waals surface area contributed by atoms with E-state index in [-0.39, 0.29) is 0 Å². The molecule has 0 aliphatic carbocycles. The standard InChI is InChI=1S/C18H18N4O5S/c1-9-10(2)19-18(21-17(9)23)28-8-14-20-16(22-27-14)11-6-12(24-3)15(26-5)13(7-11)25-4/h6-7H,1,8H2,2-5H3. The fourth-order valence-electron chi connectivity index (χ4n) is 2.38. The number of aromatic nitrogens is 2. The predicted octanol–water partition coefficient (Wildman–Crippen LogP) is 2.91. The van der Waals surface area contributed by atoms with Crippen LogP contribution in [0.3, 0.4) is 0 Å². The molecule has 1 aromatic carbocycles. The van der Waals surface area contributed by atoms with Gasteiger partial charge in [0.2, 0.25) is 17.5 Å². The minimum Gasteiger partial charge on any atom is -0.493 e. The predicted molar refractivity (Wildman–Crippen MR) is 105 cm³/mol. The molecular formula is C18H18N4O5S. The molecule has 146 valence electrons. The van der Waals surface area contributed by atoms with E-state index in [1.165, 1.54) is 33.1 Å². The highest BCUT2D eigenvalue weighted by molar-refractivity contribution is 8.13. The molecule has 2 aromatic rings. The van der Waals surface area contributed by atoms with E-state index >= 15 is 0 Å². The van der Waals surface area contributed by atoms with Crippen molar-refractivity contribution in [3.8, 4) is 28.6 Å². The Morgan fingerprint density at radius 2 is 1.79 bits per heavy atom. The van der Waals surface area contributed by atoms with Crippen LogP contribution < -0.4 is 14.2 Å². The van der Waals surface area contributed by atoms with Crippen molar-refractivity contribution in [2.24, 2.45) is 9.98 Å². The summed E-state index contributed by atoms with van der Waals surface area (Å²) in [7, 11) is 4.59. The van der Waals surface area contributed by atoms with Crippen molar-refractivity contribution < 1.29 is 23.5 Å². The van der Waals surface area contributed by atoms with Crippen LogP contribution in [0, 0.1) is 0 Å². The van der Waals surface area contributed by atoms with Crippen LogP contribution in [0.4, 0.5) is 0 Å². The molecule has 3 rings (SSSR count). The first-order chi connectivity index (χ1) is 13.5. The van der Waals surface area contributed by atoms with Crippen molar-refractivity contribution in [2.45, 2.75) is 12.7 Å². The van der Waals surface area contributed by atoms with Gasteiger partial charge in [-0.05, 0) is 19.1 Å². The maximum absolute atomic E-state index is 11.7. The van der Waals surface area contributed by atoms with Gasteiger partial charge >= 0.3 is 0 Å². The molecule has 1 amide bonds. The number of hydrogen-bond donors (Lipinski definition) is 0. The average molecular weight is 402 g/mol. The molecule has 0 unspecified atom stereocenters. The molecule has 1 aliphatic rings. The van der Waals surface area contributed by atoms with Crippen molar-refractivity contribution in [3.63, 3.8) is 0 Å². The fraction of sp³-hybridized carbons (Fsp3) is 0.278. The van der Waals surface area contributed by atoms with E-state index in [1.54, 1.807) is 19.1 Å². The van der Waals surface area contributed by atoms with Crippen LogP contribution in [-0.4, -0.2) is 48.3 Å². The quantitative estimate of drug-likeness (QED) is 0.679. The third-order valence-electron chi connectivity index (χ3n) is 3.87. The Labute approximate surface area is 165 Å². The highest BCUT2D eigenvalue weighted by atomic mass is 32.2. The first-order valence-electron chi connectivity index (χ1n) is 8.10. The van der Waals surface area contributed by atoms with Crippen molar-refractivity contribution in [3.05, 3.63) is 30.2 Å². The zero-order chi connectivity index (χ0) is 20.3. The number of thioether (sulfide) groups is 1. The van der Waals surface area contributed by atoms with Crippen LogP contribution in [0.25, 0.3) is 11.4 Å². The SMILES string of the molecule is C=C1C(=O)N=C(SCc2nc(-c3cc(OC)c(OC)c(OC)c3)no2)N=C1C. The number of aliphatic imine (C=N–C) groups is 2. The summed E-state index contributed by atoms with van der Waals surface area (Å²) in [5, 5.41) is 4.33. The Bertz CT molecular complexity index is 971. The third kappa shape index (κ3) is 3.91. The molecule has 0 spiro atoms. The minimum atomic E-state index is -0.390. The molecule has 0 fully saturated rings. The number of nitrogens with zero attached hydrogens (tertiary/aromatic N) is 4. The van der Waals surface area contributed by atoms with E-state index in [0.717, 1.165) is 0 Å². The topological polar surface area (TPSA) is 108 Å². The van der Waals surface area contributed by atoms with E-state index in [2.05, 4.69) is 26.7 Å². The first-order valence-corrected chi connectivity index (χ1v) is 9.08. The lowest BCUT2D eigenvalue weighted by Gasteiger charge is -2.12. The molecule has 0 saturated carbocycles. The van der Waals surface area contributed by atoms with Gasteiger partial charge in [0.1, 0.15) is 0 Å². The summed E-state index contributed by atoms with van der Waals surface area (Å²) in [6.07, 6.45) is 0. The van der Waals surface area contributed by atoms with Gasteiger partial charge in [-0.25, -0.2) is 4.99 Å². The van der Waals surface area contributed by atoms with Crippen LogP contribution in [-0.2, 0) is 10.5 Å². The van der Waals surface area contributed by atoms with E-state index in [9.17, 15) is 4.79 Å². The zero-order valence-corrected chi connectivity index (χ0v) is 16.6. The summed E-state index contributed by atoms with van der Waals surface area (Å²) in [5.74, 6) is 2.09. The van der Waals surface area contributed by atoms with Gasteiger partial charge in [0.05, 0.1) is 38.4 Å². The lowest BCUT2D eigenvalue weighted by atomic mass is 10.1. The van der Waals surface area contributed by atoms with Gasteiger partial charge < -0.3 is 18.7 Å². The molecule has 0 radical (unpaired) electrons. The second-order valence-corrected chi connectivity index (χ2v) is 6.53. The van der Waals surface area contributed by atoms with Crippen LogP contribution >= 0.6 is 11.8 Å². The molecular weight excluding hydrogens is 384 g/mol. The van der Waals surface area contributed by atoms with Crippen LogP contribution in [0.15, 0.2) is 38.8 Å². The number of rotatable bonds is 6. The Balaban J connectivity index is 1.79. The second kappa shape index (κ2) is 8.26. The third-order valence-corrected chi connectivity index (χ3v) is 4.70. The molecule has 0 saturated heterocycles. The summed E-state index contributed by atoms with van der Waals surface area (Å²) < 4.78 is 21.3. The fourth-order valence-corrected chi connectivity index (χ4v) is 3.10. The number of amidine groups is 1. The number of hydrogen-bond acceptors (Lipinski definition) is 9. The molecule has 0 bridgehead atoms. The monoisotopic (exact) mass is 402 g/mol. The van der Waals surface area contributed by atoms with Gasteiger partial charge in [0.25, 0.3) is 5.91 Å². The number of amides is 1. The Morgan fingerprint density at radius 1 is 1.11 bits per heavy atom. The van der Waals surface area contributed by atoms with Gasteiger partial charge in [0.15, 0.2) is 16.7 Å². The number of carbonyl (C=O) groups is 1. The summed E-state index contributed by atoms with van der Waals surface area (Å²) in [5.41, 5.74) is 1.49. The number of carbonyl (C=O) groups excluding carboxylic acids is 1. The minimum absolute atomic E-state index is 0.298. The molecule has 0 atom stereocenters. The summed E-state index contributed by atoms with van der Waals surface area (Å²) in [4.78, 5) is 24.2. The molecule has 1 aromatic heterocycles. The van der Waals surface area contributed by atoms with E-state index in [1.807, 2.05) is 0 Å². The normalized spacial score (nSPS) is 13.9. The molecule has 28 heavy (non-hydrogen) atoms. The summed E-state index contributed by atoms with van der Waals surface area (Å²) >= 11 is 1.22. The highest BCUT2D eigenvalue weighted by Gasteiger charge is 2.20. The van der Waals surface area contributed by atoms with E-state index in [0.29, 0.717) is 56.7 Å². The highest BCUT2D eigenvalue weighted by Crippen LogP contribution is 2.40. The number of methoxy groups -OCH3 is 3. The van der Waals surface area contributed by atoms with Crippen molar-refractivity contribution in [1.82, 2.24) is 10.1 Å². The summed E-state index contributed by atoms with van der Waals surface area (Å²) in [6, 6.07) is 3.46. The molecule has 9 nitrogen and oxygen atoms in total. The van der Waals surface area contributed by atoms with Gasteiger partial charge in [-0.1, -0.05) is 23.5 Å². The molecule has 1 aliphatic heterocycles. The zero-order valence-electron chi connectivity index (χ0n) is 15.8. The van der Waals surface area contributed by atoms with E-state index < -0.39 is 5.91 Å². The molecule has 10 heteroatoms. The van der Waals surface area contributed by atoms with Gasteiger partial charge in [-0.2, -0.15) is 9.98 Å². The van der Waals surface area contributed by atoms with Crippen molar-refractivity contribution in [2.75, 3.05) is 21.3 Å². The maximum atomic E-state index is 11.7. The second-order valence-electron chi connectivity index (χ2n) is 5.59. The maximum Gasteiger partial charge on any atom is 0.280 e. The largest absolute Gasteiger partial charge is 0.493 e. The lowest BCUT2D eigenvalue weighted by molar-refractivity contribution is -0.113. The van der Waals surface area contributed by atoms with Crippen LogP contribution in [0.5, 0.6) is 17.2 Å². The van der Waals surface area contributed by atoms with Gasteiger partial charge in [-0.3, -0.25) is 4.79 Å². The lowest BCUT2D eigenvalue weighted by Crippen LogP contribution is -2.15. The van der Waals surface area contributed by atoms with Crippen LogP contribution in [0.1, 0.15) is 12.8 Å². The van der Waals surface area contributed by atoms with Crippen molar-refractivity contribution in [1.29, 1.82) is 0 Å². The van der Waals surface area contributed by atoms with Crippen LogP contribution in [0.2, 0.25) is 0 Å².